The Balaban J connectivity index is 1.79. The number of nitrogens with one attached hydrogen (secondary N) is 2. The van der Waals surface area contributed by atoms with Crippen LogP contribution in [0.2, 0.25) is 0 Å². The van der Waals surface area contributed by atoms with Gasteiger partial charge in [-0.2, -0.15) is 0 Å². The third-order valence-electron chi connectivity index (χ3n) is 6.34. The van der Waals surface area contributed by atoms with Gasteiger partial charge in [-0.25, -0.2) is 0 Å². The van der Waals surface area contributed by atoms with Crippen LogP contribution in [0, 0.1) is 19.8 Å². The summed E-state index contributed by atoms with van der Waals surface area (Å²) in [4.78, 5) is 25.0. The van der Waals surface area contributed by atoms with Crippen molar-refractivity contribution in [2.45, 2.75) is 91.0 Å². The number of hydrogen-bond acceptors (Lipinski definition) is 4. The van der Waals surface area contributed by atoms with Gasteiger partial charge >= 0.3 is 0 Å². The van der Waals surface area contributed by atoms with Gasteiger partial charge in [-0.3, -0.25) is 9.59 Å². The summed E-state index contributed by atoms with van der Waals surface area (Å²) in [6.07, 6.45) is 6.59. The van der Waals surface area contributed by atoms with E-state index in [9.17, 15) is 9.59 Å². The Kier molecular flexibility index (Phi) is 8.64. The summed E-state index contributed by atoms with van der Waals surface area (Å²) in [6, 6.07) is 6.43. The lowest BCUT2D eigenvalue weighted by molar-refractivity contribution is -0.121. The Morgan fingerprint density at radius 1 is 1.12 bits per heavy atom. The van der Waals surface area contributed by atoms with Gasteiger partial charge in [0.05, 0.1) is 0 Å². The van der Waals surface area contributed by atoms with Crippen molar-refractivity contribution in [3.63, 3.8) is 0 Å². The maximum absolute atomic E-state index is 13.0. The lowest BCUT2D eigenvalue weighted by Gasteiger charge is -2.19. The van der Waals surface area contributed by atoms with Crippen LogP contribution in [0.1, 0.15) is 93.5 Å². The van der Waals surface area contributed by atoms with E-state index in [-0.39, 0.29) is 24.2 Å². The molecule has 1 saturated carbocycles. The fraction of sp³-hybridized carbons (Fsp3) is 0.615. The molecule has 1 atom stereocenters. The minimum Gasteiger partial charge on any atom is -0.359 e. The Hall–Kier alpha value is -2.70. The lowest BCUT2D eigenvalue weighted by Crippen LogP contribution is -2.22. The highest BCUT2D eigenvalue weighted by atomic mass is 16.2. The van der Waals surface area contributed by atoms with E-state index in [1.54, 1.807) is 7.05 Å². The van der Waals surface area contributed by atoms with Gasteiger partial charge in [0.15, 0.2) is 0 Å². The number of aromatic nitrogens is 3. The molecular formula is C26H39N5O2. The zero-order valence-corrected chi connectivity index (χ0v) is 20.8. The average molecular weight is 454 g/mol. The van der Waals surface area contributed by atoms with Crippen molar-refractivity contribution in [2.24, 2.45) is 5.92 Å². The van der Waals surface area contributed by atoms with E-state index in [0.29, 0.717) is 24.8 Å². The molecule has 7 nitrogen and oxygen atoms in total. The molecule has 33 heavy (non-hydrogen) atoms. The smallest absolute Gasteiger partial charge is 0.225 e. The summed E-state index contributed by atoms with van der Waals surface area (Å²) < 4.78 is 2.28. The largest absolute Gasteiger partial charge is 0.359 e. The SMILES string of the molecule is CNC(=O)CCC(CC(=O)Nc1ccc(C)cc1C)c1nnc(CCCC(C)C)n1C1CC1. The summed E-state index contributed by atoms with van der Waals surface area (Å²) in [7, 11) is 1.64. The first kappa shape index (κ1) is 24.9. The van der Waals surface area contributed by atoms with E-state index in [0.717, 1.165) is 60.6 Å². The quantitative estimate of drug-likeness (QED) is 0.481. The standard InChI is InChI=1S/C26H39N5O2/c1-17(2)7-6-8-23-29-30-26(31(23)21-11-12-21)20(10-14-24(32)27-5)16-25(33)28-22-13-9-18(3)15-19(22)4/h9,13,15,17,20-21H,6-8,10-12,14,16H2,1-5H3,(H,27,32)(H,28,33). The molecule has 2 N–H and O–H groups in total. The first-order valence-corrected chi connectivity index (χ1v) is 12.3. The molecule has 0 radical (unpaired) electrons. The molecule has 0 aliphatic heterocycles. The number of aryl methyl sites for hydroxylation is 3. The molecule has 2 aromatic rings. The summed E-state index contributed by atoms with van der Waals surface area (Å²) >= 11 is 0. The van der Waals surface area contributed by atoms with Gasteiger partial charge in [0.1, 0.15) is 11.6 Å². The van der Waals surface area contributed by atoms with Crippen LogP contribution in [0.4, 0.5) is 5.69 Å². The van der Waals surface area contributed by atoms with E-state index in [4.69, 9.17) is 0 Å². The van der Waals surface area contributed by atoms with E-state index >= 15 is 0 Å². The topological polar surface area (TPSA) is 88.9 Å². The zero-order valence-electron chi connectivity index (χ0n) is 20.8. The Morgan fingerprint density at radius 3 is 2.52 bits per heavy atom. The summed E-state index contributed by atoms with van der Waals surface area (Å²) in [6.45, 7) is 8.51. The molecule has 1 unspecified atom stereocenters. The number of amides is 2. The summed E-state index contributed by atoms with van der Waals surface area (Å²) in [5.41, 5.74) is 3.03. The third kappa shape index (κ3) is 7.14. The number of benzene rings is 1. The molecule has 3 rings (SSSR count). The lowest BCUT2D eigenvalue weighted by atomic mass is 9.97. The minimum absolute atomic E-state index is 0.0237. The van der Waals surface area contributed by atoms with E-state index in [1.807, 2.05) is 26.0 Å². The number of anilines is 1. The molecule has 1 heterocycles. The third-order valence-corrected chi connectivity index (χ3v) is 6.34. The molecular weight excluding hydrogens is 414 g/mol. The number of carbonyl (C=O) groups excluding carboxylic acids is 2. The second kappa shape index (κ2) is 11.4. The van der Waals surface area contributed by atoms with Gasteiger partial charge < -0.3 is 15.2 Å². The van der Waals surface area contributed by atoms with Crippen LogP contribution >= 0.6 is 0 Å². The molecule has 1 aromatic heterocycles. The van der Waals surface area contributed by atoms with Gasteiger partial charge in [-0.05, 0) is 57.1 Å². The van der Waals surface area contributed by atoms with Crippen molar-refractivity contribution in [2.75, 3.05) is 12.4 Å². The van der Waals surface area contributed by atoms with Gasteiger partial charge in [0, 0.05) is 44.0 Å². The van der Waals surface area contributed by atoms with Gasteiger partial charge in [-0.15, -0.1) is 10.2 Å². The van der Waals surface area contributed by atoms with Gasteiger partial charge in [0.2, 0.25) is 11.8 Å². The van der Waals surface area contributed by atoms with Crippen LogP contribution in [0.15, 0.2) is 18.2 Å². The highest BCUT2D eigenvalue weighted by Gasteiger charge is 2.33. The van der Waals surface area contributed by atoms with Gasteiger partial charge in [-0.1, -0.05) is 38.0 Å². The van der Waals surface area contributed by atoms with Crippen LogP contribution < -0.4 is 10.6 Å². The molecule has 1 aliphatic carbocycles. The molecule has 2 amide bonds. The van der Waals surface area contributed by atoms with Crippen molar-refractivity contribution < 1.29 is 9.59 Å². The molecule has 1 fully saturated rings. The van der Waals surface area contributed by atoms with Crippen molar-refractivity contribution in [3.05, 3.63) is 41.0 Å². The van der Waals surface area contributed by atoms with Crippen molar-refractivity contribution in [1.29, 1.82) is 0 Å². The average Bonchev–Trinajstić information content (AvgIpc) is 3.52. The summed E-state index contributed by atoms with van der Waals surface area (Å²) in [5, 5.41) is 14.9. The second-order valence-electron chi connectivity index (χ2n) is 9.84. The molecule has 0 saturated heterocycles. The zero-order chi connectivity index (χ0) is 24.0. The first-order valence-electron chi connectivity index (χ1n) is 12.3. The van der Waals surface area contributed by atoms with Crippen LogP contribution in [0.3, 0.4) is 0 Å². The Labute approximate surface area is 197 Å². The number of nitrogens with zero attached hydrogens (tertiary/aromatic N) is 3. The minimum atomic E-state index is -0.153. The Morgan fingerprint density at radius 2 is 1.88 bits per heavy atom. The predicted octanol–water partition coefficient (Wildman–Crippen LogP) is 4.85. The highest BCUT2D eigenvalue weighted by molar-refractivity contribution is 5.92. The normalized spacial score (nSPS) is 14.4. The molecule has 7 heteroatoms. The molecule has 180 valence electrons. The molecule has 1 aliphatic rings. The van der Waals surface area contributed by atoms with Gasteiger partial charge in [0.25, 0.3) is 0 Å². The van der Waals surface area contributed by atoms with Crippen LogP contribution in [0.5, 0.6) is 0 Å². The van der Waals surface area contributed by atoms with Crippen LogP contribution in [-0.2, 0) is 16.0 Å². The summed E-state index contributed by atoms with van der Waals surface area (Å²) in [5.74, 6) is 2.31. The van der Waals surface area contributed by atoms with Crippen molar-refractivity contribution in [1.82, 2.24) is 20.1 Å². The van der Waals surface area contributed by atoms with Crippen LogP contribution in [0.25, 0.3) is 0 Å². The first-order chi connectivity index (χ1) is 15.8. The molecule has 0 spiro atoms. The number of rotatable bonds is 12. The number of carbonyl (C=O) groups is 2. The number of hydrogen-bond donors (Lipinski definition) is 2. The fourth-order valence-corrected chi connectivity index (χ4v) is 4.32. The van der Waals surface area contributed by atoms with E-state index in [1.165, 1.54) is 0 Å². The van der Waals surface area contributed by atoms with Crippen molar-refractivity contribution in [3.8, 4) is 0 Å². The molecule has 0 bridgehead atoms. The maximum Gasteiger partial charge on any atom is 0.225 e. The molecule has 1 aromatic carbocycles. The van der Waals surface area contributed by atoms with E-state index < -0.39 is 0 Å². The monoisotopic (exact) mass is 453 g/mol. The maximum atomic E-state index is 13.0. The fourth-order valence-electron chi connectivity index (χ4n) is 4.32. The predicted molar refractivity (Wildman–Crippen MR) is 131 cm³/mol. The highest BCUT2D eigenvalue weighted by Crippen LogP contribution is 2.39. The second-order valence-corrected chi connectivity index (χ2v) is 9.84. The van der Waals surface area contributed by atoms with Crippen molar-refractivity contribution >= 4 is 17.5 Å². The van der Waals surface area contributed by atoms with Crippen LogP contribution in [-0.4, -0.2) is 33.6 Å². The van der Waals surface area contributed by atoms with E-state index in [2.05, 4.69) is 45.3 Å². The Bertz CT molecular complexity index is 962.